The topological polar surface area (TPSA) is 102 Å². The number of methoxy groups -OCH3 is 2. The summed E-state index contributed by atoms with van der Waals surface area (Å²) in [5, 5.41) is 1.72. The molecule has 0 fully saturated rings. The summed E-state index contributed by atoms with van der Waals surface area (Å²) in [5.74, 6) is 0.482. The molecule has 146 valence electrons. The predicted octanol–water partition coefficient (Wildman–Crippen LogP) is 1.88. The van der Waals surface area contributed by atoms with E-state index >= 15 is 0 Å². The zero-order chi connectivity index (χ0) is 20.0. The van der Waals surface area contributed by atoms with E-state index in [2.05, 4.69) is 20.0 Å². The van der Waals surface area contributed by atoms with Crippen molar-refractivity contribution in [3.05, 3.63) is 42.2 Å². The van der Waals surface area contributed by atoms with Crippen LogP contribution in [0.15, 0.2) is 30.6 Å². The summed E-state index contributed by atoms with van der Waals surface area (Å²) < 4.78 is 50.6. The molecule has 1 aromatic heterocycles. The summed E-state index contributed by atoms with van der Waals surface area (Å²) in [7, 11) is -0.896. The Labute approximate surface area is 162 Å². The van der Waals surface area contributed by atoms with E-state index in [1.54, 1.807) is 18.2 Å². The molecular weight excluding hydrogens is 395 g/mol. The number of benzene rings is 1. The molecule has 2 aromatic rings. The van der Waals surface area contributed by atoms with E-state index in [1.807, 2.05) is 0 Å². The lowest BCUT2D eigenvalue weighted by atomic mass is 10.2. The van der Waals surface area contributed by atoms with Gasteiger partial charge in [0.15, 0.2) is 10.9 Å². The Kier molecular flexibility index (Phi) is 6.86. The van der Waals surface area contributed by atoms with Gasteiger partial charge in [0, 0.05) is 6.42 Å². The van der Waals surface area contributed by atoms with Crippen LogP contribution in [0.1, 0.15) is 12.7 Å². The summed E-state index contributed by atoms with van der Waals surface area (Å²) in [6, 6.07) is 5.08. The van der Waals surface area contributed by atoms with Crippen molar-refractivity contribution in [1.82, 2.24) is 14.7 Å². The summed E-state index contributed by atoms with van der Waals surface area (Å²) >= 11 is 5.11. The SMILES string of the molecule is COc1cccc(OC)c1NC(=S)NS(=O)(=O)C(C)Cc1ncc(F)cn1. The molecule has 0 spiro atoms. The van der Waals surface area contributed by atoms with E-state index < -0.39 is 21.1 Å². The molecule has 0 amide bonds. The van der Waals surface area contributed by atoms with Crippen molar-refractivity contribution in [2.24, 2.45) is 0 Å². The molecule has 8 nitrogen and oxygen atoms in total. The van der Waals surface area contributed by atoms with Crippen LogP contribution in [0.25, 0.3) is 0 Å². The highest BCUT2D eigenvalue weighted by Crippen LogP contribution is 2.34. The molecule has 2 N–H and O–H groups in total. The third-order valence-electron chi connectivity index (χ3n) is 3.57. The molecule has 1 aromatic carbocycles. The van der Waals surface area contributed by atoms with Crippen molar-refractivity contribution in [2.75, 3.05) is 19.5 Å². The smallest absolute Gasteiger partial charge is 0.237 e. The fourth-order valence-corrected chi connectivity index (χ4v) is 3.48. The number of hydrogen-bond donors (Lipinski definition) is 2. The zero-order valence-corrected chi connectivity index (χ0v) is 16.5. The molecule has 1 atom stereocenters. The molecule has 0 radical (unpaired) electrons. The number of hydrogen-bond acceptors (Lipinski definition) is 7. The average Bonchev–Trinajstić information content (AvgIpc) is 2.63. The first-order valence-corrected chi connectivity index (χ1v) is 9.72. The van der Waals surface area contributed by atoms with Crippen LogP contribution in [0.2, 0.25) is 0 Å². The second-order valence-electron chi connectivity index (χ2n) is 5.47. The lowest BCUT2D eigenvalue weighted by Gasteiger charge is -2.18. The number of sulfonamides is 1. The Morgan fingerprint density at radius 2 is 1.78 bits per heavy atom. The highest BCUT2D eigenvalue weighted by atomic mass is 32.2. The van der Waals surface area contributed by atoms with Crippen LogP contribution in [0.4, 0.5) is 10.1 Å². The van der Waals surface area contributed by atoms with Gasteiger partial charge < -0.3 is 14.8 Å². The molecule has 0 saturated heterocycles. The third-order valence-corrected chi connectivity index (χ3v) is 5.62. The van der Waals surface area contributed by atoms with Gasteiger partial charge in [0.1, 0.15) is 23.0 Å². The van der Waals surface area contributed by atoms with Gasteiger partial charge in [0.25, 0.3) is 0 Å². The van der Waals surface area contributed by atoms with Crippen LogP contribution in [-0.2, 0) is 16.4 Å². The third kappa shape index (κ3) is 5.47. The maximum Gasteiger partial charge on any atom is 0.237 e. The molecule has 0 aliphatic heterocycles. The minimum Gasteiger partial charge on any atom is -0.494 e. The number of halogens is 1. The van der Waals surface area contributed by atoms with Crippen molar-refractivity contribution < 1.29 is 22.3 Å². The fraction of sp³-hybridized carbons (Fsp3) is 0.312. The Morgan fingerprint density at radius 3 is 2.30 bits per heavy atom. The minimum absolute atomic E-state index is 0.00376. The van der Waals surface area contributed by atoms with E-state index in [1.165, 1.54) is 21.1 Å². The van der Waals surface area contributed by atoms with E-state index in [0.717, 1.165) is 12.4 Å². The normalized spacial score (nSPS) is 12.1. The van der Waals surface area contributed by atoms with E-state index in [0.29, 0.717) is 17.2 Å². The van der Waals surface area contributed by atoms with Crippen molar-refractivity contribution in [1.29, 1.82) is 0 Å². The minimum atomic E-state index is -3.84. The van der Waals surface area contributed by atoms with Crippen LogP contribution >= 0.6 is 12.2 Å². The predicted molar refractivity (Wildman–Crippen MR) is 103 cm³/mol. The Morgan fingerprint density at radius 1 is 1.22 bits per heavy atom. The van der Waals surface area contributed by atoms with Gasteiger partial charge in [-0.05, 0) is 31.3 Å². The number of nitrogens with one attached hydrogen (secondary N) is 2. The Bertz CT molecular complexity index is 885. The van der Waals surface area contributed by atoms with Crippen LogP contribution in [-0.4, -0.2) is 43.0 Å². The van der Waals surface area contributed by atoms with Gasteiger partial charge >= 0.3 is 0 Å². The molecule has 1 unspecified atom stereocenters. The van der Waals surface area contributed by atoms with Crippen molar-refractivity contribution >= 4 is 33.0 Å². The maximum atomic E-state index is 12.9. The van der Waals surface area contributed by atoms with E-state index in [-0.39, 0.29) is 17.4 Å². The van der Waals surface area contributed by atoms with Gasteiger partial charge in [-0.15, -0.1) is 0 Å². The van der Waals surface area contributed by atoms with Gasteiger partial charge in [-0.1, -0.05) is 6.07 Å². The van der Waals surface area contributed by atoms with Crippen molar-refractivity contribution in [3.8, 4) is 11.5 Å². The summed E-state index contributed by atoms with van der Waals surface area (Å²) in [6.45, 7) is 1.47. The number of ether oxygens (including phenoxy) is 2. The van der Waals surface area contributed by atoms with Crippen LogP contribution < -0.4 is 19.5 Å². The molecule has 2 rings (SSSR count). The molecule has 0 saturated carbocycles. The van der Waals surface area contributed by atoms with Crippen LogP contribution in [0.5, 0.6) is 11.5 Å². The van der Waals surface area contributed by atoms with Crippen molar-refractivity contribution in [3.63, 3.8) is 0 Å². The second-order valence-corrected chi connectivity index (χ2v) is 7.98. The monoisotopic (exact) mass is 414 g/mol. The highest BCUT2D eigenvalue weighted by molar-refractivity contribution is 7.92. The number of aromatic nitrogens is 2. The van der Waals surface area contributed by atoms with E-state index in [4.69, 9.17) is 21.7 Å². The second kappa shape index (κ2) is 8.91. The van der Waals surface area contributed by atoms with Gasteiger partial charge in [-0.2, -0.15) is 0 Å². The van der Waals surface area contributed by atoms with Gasteiger partial charge in [-0.25, -0.2) is 22.8 Å². The molecule has 1 heterocycles. The molecule has 0 aliphatic carbocycles. The van der Waals surface area contributed by atoms with Gasteiger partial charge in [-0.3, -0.25) is 4.72 Å². The fourth-order valence-electron chi connectivity index (χ4n) is 2.15. The first-order valence-electron chi connectivity index (χ1n) is 7.77. The number of thiocarbonyl (C=S) groups is 1. The molecule has 27 heavy (non-hydrogen) atoms. The lowest BCUT2D eigenvalue weighted by molar-refractivity contribution is 0.398. The Hall–Kier alpha value is -2.53. The van der Waals surface area contributed by atoms with Gasteiger partial charge in [0.05, 0.1) is 31.9 Å². The summed E-state index contributed by atoms with van der Waals surface area (Å²) in [5.41, 5.74) is 0.393. The summed E-state index contributed by atoms with van der Waals surface area (Å²) in [6.07, 6.45) is 1.96. The lowest BCUT2D eigenvalue weighted by Crippen LogP contribution is -2.40. The molecule has 0 aliphatic rings. The first kappa shape index (κ1) is 20.8. The average molecular weight is 414 g/mol. The quantitative estimate of drug-likeness (QED) is 0.662. The summed E-state index contributed by atoms with van der Waals surface area (Å²) in [4.78, 5) is 7.53. The van der Waals surface area contributed by atoms with Crippen LogP contribution in [0, 0.1) is 5.82 Å². The largest absolute Gasteiger partial charge is 0.494 e. The number of para-hydroxylation sites is 1. The van der Waals surface area contributed by atoms with E-state index in [9.17, 15) is 12.8 Å². The van der Waals surface area contributed by atoms with Crippen molar-refractivity contribution in [2.45, 2.75) is 18.6 Å². The van der Waals surface area contributed by atoms with Gasteiger partial charge in [0.2, 0.25) is 10.0 Å². The standard InChI is InChI=1S/C16H19FN4O4S2/c1-10(7-14-18-8-11(17)9-19-14)27(22,23)21-16(26)20-15-12(24-2)5-4-6-13(15)25-3/h4-6,8-10H,7H2,1-3H3,(H2,20,21,26). The number of anilines is 1. The molecular formula is C16H19FN4O4S2. The number of rotatable bonds is 7. The zero-order valence-electron chi connectivity index (χ0n) is 14.9. The van der Waals surface area contributed by atoms with Crippen LogP contribution in [0.3, 0.4) is 0 Å². The first-order chi connectivity index (χ1) is 12.8. The Balaban J connectivity index is 2.09. The highest BCUT2D eigenvalue weighted by Gasteiger charge is 2.24. The number of nitrogens with zero attached hydrogens (tertiary/aromatic N) is 2. The molecule has 0 bridgehead atoms. The molecule has 11 heteroatoms. The maximum absolute atomic E-state index is 12.9.